The molecule has 0 radical (unpaired) electrons. The van der Waals surface area contributed by atoms with Gasteiger partial charge in [-0.3, -0.25) is 4.90 Å². The molecule has 2 aromatic heterocycles. The van der Waals surface area contributed by atoms with Crippen molar-refractivity contribution in [1.82, 2.24) is 19.9 Å². The van der Waals surface area contributed by atoms with Gasteiger partial charge in [-0.05, 0) is 62.7 Å². The highest BCUT2D eigenvalue weighted by Gasteiger charge is 2.32. The predicted molar refractivity (Wildman–Crippen MR) is 135 cm³/mol. The van der Waals surface area contributed by atoms with Crippen LogP contribution in [0, 0.1) is 11.3 Å². The van der Waals surface area contributed by atoms with Crippen LogP contribution >= 0.6 is 0 Å². The summed E-state index contributed by atoms with van der Waals surface area (Å²) in [5.74, 6) is 1.45. The molecule has 0 saturated carbocycles. The Morgan fingerprint density at radius 1 is 1.18 bits per heavy atom. The molecular formula is C24H28N8OS. The van der Waals surface area contributed by atoms with Crippen LogP contribution in [0.15, 0.2) is 47.0 Å². The number of benzene rings is 1. The zero-order valence-corrected chi connectivity index (χ0v) is 20.8. The lowest BCUT2D eigenvalue weighted by Crippen LogP contribution is -2.43. The normalized spacial score (nSPS) is 15.2. The number of hydrogen-bond acceptors (Lipinski definition) is 9. The van der Waals surface area contributed by atoms with E-state index in [4.69, 9.17) is 0 Å². The van der Waals surface area contributed by atoms with Gasteiger partial charge in [-0.15, -0.1) is 0 Å². The van der Waals surface area contributed by atoms with Crippen molar-refractivity contribution in [1.29, 1.82) is 5.26 Å². The first kappa shape index (κ1) is 23.6. The van der Waals surface area contributed by atoms with Gasteiger partial charge >= 0.3 is 0 Å². The minimum Gasteiger partial charge on any atom is -0.324 e. The summed E-state index contributed by atoms with van der Waals surface area (Å²) in [7, 11) is -0.206. The lowest BCUT2D eigenvalue weighted by atomic mass is 9.83. The summed E-state index contributed by atoms with van der Waals surface area (Å²) in [5, 5.41) is 15.8. The van der Waals surface area contributed by atoms with Crippen molar-refractivity contribution >= 4 is 38.8 Å². The second-order valence-corrected chi connectivity index (χ2v) is 11.6. The Kier molecular flexibility index (Phi) is 6.25. The molecule has 0 fully saturated rings. The number of fused-ring (bicyclic) bond motifs is 1. The van der Waals surface area contributed by atoms with Gasteiger partial charge in [0.25, 0.3) is 0 Å². The molecule has 1 aromatic carbocycles. The van der Waals surface area contributed by atoms with Crippen molar-refractivity contribution in [3.8, 4) is 6.07 Å². The van der Waals surface area contributed by atoms with E-state index in [9.17, 15) is 9.47 Å². The standard InChI is InChI=1S/C24H28N8OS/c1-24(2)19-13-18(10-9-16(19)11-12-32(24)3)27-23-26-15-17(14-25)22(30-23)29-20-7-6-8-21(28-20)31-34(4,5)33/h6-10,13,15H,11-12H2,1-5H3,(H2,26,27,28,29,30). The van der Waals surface area contributed by atoms with Crippen LogP contribution in [0.3, 0.4) is 0 Å². The number of pyridine rings is 1. The third-order valence-corrected chi connectivity index (χ3v) is 6.53. The maximum Gasteiger partial charge on any atom is 0.229 e. The smallest absolute Gasteiger partial charge is 0.229 e. The van der Waals surface area contributed by atoms with Crippen LogP contribution < -0.4 is 10.6 Å². The molecule has 10 heteroatoms. The SMILES string of the molecule is CN1CCc2ccc(Nc3ncc(C#N)c(Nc4cccc(N=S(C)(C)=O)n4)n3)cc2C1(C)C. The highest BCUT2D eigenvalue weighted by Crippen LogP contribution is 2.36. The highest BCUT2D eigenvalue weighted by atomic mass is 32.2. The number of nitriles is 1. The Hall–Kier alpha value is -3.55. The molecule has 0 spiro atoms. The largest absolute Gasteiger partial charge is 0.324 e. The molecule has 9 nitrogen and oxygen atoms in total. The number of rotatable bonds is 5. The molecule has 1 aliphatic heterocycles. The Labute approximate surface area is 200 Å². The van der Waals surface area contributed by atoms with E-state index in [1.54, 1.807) is 30.7 Å². The van der Waals surface area contributed by atoms with Crippen LogP contribution in [0.1, 0.15) is 30.5 Å². The molecule has 1 aliphatic rings. The van der Waals surface area contributed by atoms with Crippen molar-refractivity contribution in [3.63, 3.8) is 0 Å². The van der Waals surface area contributed by atoms with Crippen molar-refractivity contribution in [2.45, 2.75) is 25.8 Å². The van der Waals surface area contributed by atoms with Gasteiger partial charge in [0.15, 0.2) is 11.6 Å². The van der Waals surface area contributed by atoms with Crippen LogP contribution in [-0.2, 0) is 21.7 Å². The molecule has 176 valence electrons. The molecule has 0 amide bonds. The lowest BCUT2D eigenvalue weighted by molar-refractivity contribution is 0.143. The number of anilines is 4. The molecule has 0 saturated heterocycles. The van der Waals surface area contributed by atoms with E-state index < -0.39 is 9.73 Å². The summed E-state index contributed by atoms with van der Waals surface area (Å²) < 4.78 is 16.1. The minimum absolute atomic E-state index is 0.0778. The second kappa shape index (κ2) is 9.00. The summed E-state index contributed by atoms with van der Waals surface area (Å²) in [6, 6.07) is 13.6. The fourth-order valence-electron chi connectivity index (χ4n) is 3.85. The molecular weight excluding hydrogens is 448 g/mol. The number of hydrogen-bond donors (Lipinski definition) is 2. The van der Waals surface area contributed by atoms with Crippen molar-refractivity contribution in [2.24, 2.45) is 4.36 Å². The zero-order chi connectivity index (χ0) is 24.5. The Morgan fingerprint density at radius 2 is 1.97 bits per heavy atom. The van der Waals surface area contributed by atoms with Gasteiger partial charge in [-0.1, -0.05) is 12.1 Å². The highest BCUT2D eigenvalue weighted by molar-refractivity contribution is 7.92. The van der Waals surface area contributed by atoms with Gasteiger partial charge < -0.3 is 10.6 Å². The first-order valence-corrected chi connectivity index (χ1v) is 13.2. The summed E-state index contributed by atoms with van der Waals surface area (Å²) in [6.45, 7) is 5.46. The fourth-order valence-corrected chi connectivity index (χ4v) is 4.41. The molecule has 0 aliphatic carbocycles. The first-order valence-electron chi connectivity index (χ1n) is 10.9. The maximum absolute atomic E-state index is 12.0. The molecule has 34 heavy (non-hydrogen) atoms. The van der Waals surface area contributed by atoms with Crippen LogP contribution in [0.25, 0.3) is 0 Å². The van der Waals surface area contributed by atoms with E-state index in [2.05, 4.69) is 73.9 Å². The van der Waals surface area contributed by atoms with E-state index in [1.165, 1.54) is 17.3 Å². The zero-order valence-electron chi connectivity index (χ0n) is 20.0. The van der Waals surface area contributed by atoms with Crippen LogP contribution in [0.5, 0.6) is 0 Å². The van der Waals surface area contributed by atoms with Crippen molar-refractivity contribution in [2.75, 3.05) is 36.7 Å². The Bertz CT molecular complexity index is 1390. The van der Waals surface area contributed by atoms with Gasteiger partial charge in [0.1, 0.15) is 17.5 Å². The van der Waals surface area contributed by atoms with Gasteiger partial charge in [0, 0.05) is 40.0 Å². The van der Waals surface area contributed by atoms with E-state index in [1.807, 2.05) is 6.07 Å². The molecule has 3 aromatic rings. The summed E-state index contributed by atoms with van der Waals surface area (Å²) >= 11 is 0. The van der Waals surface area contributed by atoms with E-state index >= 15 is 0 Å². The van der Waals surface area contributed by atoms with Crippen molar-refractivity contribution in [3.05, 3.63) is 59.3 Å². The number of likely N-dealkylation sites (N-methyl/N-ethyl adjacent to an activating group) is 1. The van der Waals surface area contributed by atoms with Gasteiger partial charge in [-0.25, -0.2) is 14.2 Å². The third-order valence-electron chi connectivity index (χ3n) is 5.90. The third kappa shape index (κ3) is 5.16. The molecule has 0 bridgehead atoms. The molecule has 0 unspecified atom stereocenters. The molecule has 4 rings (SSSR count). The maximum atomic E-state index is 12.0. The summed E-state index contributed by atoms with van der Waals surface area (Å²) in [5.41, 5.74) is 3.68. The number of nitrogens with one attached hydrogen (secondary N) is 2. The Morgan fingerprint density at radius 3 is 2.71 bits per heavy atom. The van der Waals surface area contributed by atoms with Gasteiger partial charge in [0.2, 0.25) is 5.95 Å². The molecule has 3 heterocycles. The molecule has 0 atom stereocenters. The summed E-state index contributed by atoms with van der Waals surface area (Å²) in [4.78, 5) is 15.5. The van der Waals surface area contributed by atoms with Gasteiger partial charge in [0.05, 0.1) is 6.20 Å². The number of aromatic nitrogens is 3. The average molecular weight is 477 g/mol. The minimum atomic E-state index is -2.35. The van der Waals surface area contributed by atoms with Crippen molar-refractivity contribution < 1.29 is 4.21 Å². The topological polar surface area (TPSA) is 119 Å². The predicted octanol–water partition coefficient (Wildman–Crippen LogP) is 4.31. The van der Waals surface area contributed by atoms with E-state index in [0.29, 0.717) is 23.4 Å². The average Bonchev–Trinajstić information content (AvgIpc) is 2.76. The fraction of sp³-hybridized carbons (Fsp3) is 0.333. The summed E-state index contributed by atoms with van der Waals surface area (Å²) in [6.07, 6.45) is 5.57. The van der Waals surface area contributed by atoms with Gasteiger partial charge in [-0.2, -0.15) is 14.6 Å². The van der Waals surface area contributed by atoms with E-state index in [-0.39, 0.29) is 11.1 Å². The quantitative estimate of drug-likeness (QED) is 0.559. The lowest BCUT2D eigenvalue weighted by Gasteiger charge is -2.41. The van der Waals surface area contributed by atoms with Crippen LogP contribution in [0.4, 0.5) is 29.1 Å². The van der Waals surface area contributed by atoms with Crippen LogP contribution in [-0.4, -0.2) is 50.2 Å². The van der Waals surface area contributed by atoms with Crippen LogP contribution in [0.2, 0.25) is 0 Å². The monoisotopic (exact) mass is 476 g/mol. The molecule has 2 N–H and O–H groups in total. The Balaban J connectivity index is 1.62. The van der Waals surface area contributed by atoms with E-state index in [0.717, 1.165) is 18.7 Å². The first-order chi connectivity index (χ1) is 16.0. The number of nitrogens with zero attached hydrogens (tertiary/aromatic N) is 6. The second-order valence-electron chi connectivity index (χ2n) is 9.07.